The van der Waals surface area contributed by atoms with Crippen LogP contribution in [0.3, 0.4) is 0 Å². The van der Waals surface area contributed by atoms with Gasteiger partial charge in [0.15, 0.2) is 0 Å². The van der Waals surface area contributed by atoms with Gasteiger partial charge in [0.1, 0.15) is 12.4 Å². The highest BCUT2D eigenvalue weighted by molar-refractivity contribution is 5.27. The first-order valence-electron chi connectivity index (χ1n) is 7.79. The monoisotopic (exact) mass is 285 g/mol. The standard InChI is InChI=1S/C17H23N3O/c1-2-9-20-13-18-11-16(20)12-21-17-7-3-14(4-8-17)10-19-15-5-6-15/h3-4,7-8,11,13,15,19H,2,5-6,9-10,12H2,1H3. The van der Waals surface area contributed by atoms with E-state index in [4.69, 9.17) is 4.74 Å². The van der Waals surface area contributed by atoms with Gasteiger partial charge in [-0.1, -0.05) is 19.1 Å². The summed E-state index contributed by atoms with van der Waals surface area (Å²) in [6.07, 6.45) is 7.50. The summed E-state index contributed by atoms with van der Waals surface area (Å²) in [5, 5.41) is 3.52. The molecule has 0 aliphatic heterocycles. The van der Waals surface area contributed by atoms with E-state index in [2.05, 4.69) is 33.9 Å². The predicted octanol–water partition coefficient (Wildman–Crippen LogP) is 3.12. The molecule has 0 spiro atoms. The number of nitrogens with one attached hydrogen (secondary N) is 1. The minimum Gasteiger partial charge on any atom is -0.487 e. The number of imidazole rings is 1. The Balaban J connectivity index is 1.51. The van der Waals surface area contributed by atoms with Crippen molar-refractivity contribution in [2.24, 2.45) is 0 Å². The number of aromatic nitrogens is 2. The SMILES string of the molecule is CCCn1cncc1COc1ccc(CNC2CC2)cc1. The Labute approximate surface area is 126 Å². The molecule has 1 fully saturated rings. The highest BCUT2D eigenvalue weighted by Crippen LogP contribution is 2.20. The van der Waals surface area contributed by atoms with E-state index < -0.39 is 0 Å². The van der Waals surface area contributed by atoms with Gasteiger partial charge in [-0.2, -0.15) is 0 Å². The summed E-state index contributed by atoms with van der Waals surface area (Å²) < 4.78 is 8.00. The van der Waals surface area contributed by atoms with Crippen LogP contribution in [0.25, 0.3) is 0 Å². The van der Waals surface area contributed by atoms with Gasteiger partial charge in [-0.3, -0.25) is 0 Å². The number of rotatable bonds is 8. The molecule has 1 aromatic heterocycles. The lowest BCUT2D eigenvalue weighted by molar-refractivity contribution is 0.294. The third-order valence-electron chi connectivity index (χ3n) is 3.75. The molecule has 4 heteroatoms. The molecule has 112 valence electrons. The summed E-state index contributed by atoms with van der Waals surface area (Å²) in [6.45, 7) is 4.68. The van der Waals surface area contributed by atoms with Gasteiger partial charge in [-0.05, 0) is 37.0 Å². The lowest BCUT2D eigenvalue weighted by atomic mass is 10.2. The quantitative estimate of drug-likeness (QED) is 0.810. The average molecular weight is 285 g/mol. The first kappa shape index (κ1) is 14.1. The molecule has 0 unspecified atom stereocenters. The van der Waals surface area contributed by atoms with Crippen LogP contribution in [-0.4, -0.2) is 15.6 Å². The number of nitrogens with zero attached hydrogens (tertiary/aromatic N) is 2. The van der Waals surface area contributed by atoms with E-state index >= 15 is 0 Å². The minimum atomic E-state index is 0.569. The van der Waals surface area contributed by atoms with E-state index in [1.165, 1.54) is 18.4 Å². The van der Waals surface area contributed by atoms with Gasteiger partial charge in [-0.25, -0.2) is 4.98 Å². The zero-order chi connectivity index (χ0) is 14.5. The van der Waals surface area contributed by atoms with E-state index in [-0.39, 0.29) is 0 Å². The number of benzene rings is 1. The van der Waals surface area contributed by atoms with Crippen LogP contribution in [0, 0.1) is 0 Å². The summed E-state index contributed by atoms with van der Waals surface area (Å²) in [6, 6.07) is 9.11. The van der Waals surface area contributed by atoms with Crippen molar-refractivity contribution >= 4 is 0 Å². The van der Waals surface area contributed by atoms with Crippen LogP contribution in [-0.2, 0) is 19.7 Å². The molecular formula is C17H23N3O. The molecule has 3 rings (SSSR count). The number of hydrogen-bond donors (Lipinski definition) is 1. The normalized spacial score (nSPS) is 14.3. The molecule has 0 saturated heterocycles. The van der Waals surface area contributed by atoms with E-state index in [1.807, 2.05) is 24.7 Å². The fourth-order valence-corrected chi connectivity index (χ4v) is 2.32. The molecule has 0 amide bonds. The summed E-state index contributed by atoms with van der Waals surface area (Å²) in [4.78, 5) is 4.19. The smallest absolute Gasteiger partial charge is 0.130 e. The summed E-state index contributed by atoms with van der Waals surface area (Å²) in [5.41, 5.74) is 2.43. The van der Waals surface area contributed by atoms with E-state index in [0.29, 0.717) is 6.61 Å². The molecule has 1 aliphatic rings. The van der Waals surface area contributed by atoms with Crippen molar-refractivity contribution in [1.29, 1.82) is 0 Å². The largest absolute Gasteiger partial charge is 0.487 e. The summed E-state index contributed by atoms with van der Waals surface area (Å²) in [7, 11) is 0. The summed E-state index contributed by atoms with van der Waals surface area (Å²) in [5.74, 6) is 0.912. The van der Waals surface area contributed by atoms with Crippen LogP contribution in [0.15, 0.2) is 36.8 Å². The molecule has 1 saturated carbocycles. The minimum absolute atomic E-state index is 0.569. The first-order chi connectivity index (χ1) is 10.3. The van der Waals surface area contributed by atoms with Crippen LogP contribution in [0.2, 0.25) is 0 Å². The Kier molecular flexibility index (Phi) is 4.55. The van der Waals surface area contributed by atoms with Crippen molar-refractivity contribution in [1.82, 2.24) is 14.9 Å². The van der Waals surface area contributed by atoms with Gasteiger partial charge in [0.05, 0.1) is 18.2 Å². The highest BCUT2D eigenvalue weighted by Gasteiger charge is 2.19. The third-order valence-corrected chi connectivity index (χ3v) is 3.75. The molecule has 0 atom stereocenters. The van der Waals surface area contributed by atoms with E-state index in [1.54, 1.807) is 0 Å². The molecule has 21 heavy (non-hydrogen) atoms. The topological polar surface area (TPSA) is 39.1 Å². The predicted molar refractivity (Wildman–Crippen MR) is 83.2 cm³/mol. The van der Waals surface area contributed by atoms with Gasteiger partial charge in [0.25, 0.3) is 0 Å². The lowest BCUT2D eigenvalue weighted by Crippen LogP contribution is -2.15. The van der Waals surface area contributed by atoms with Gasteiger partial charge in [0, 0.05) is 19.1 Å². The first-order valence-corrected chi connectivity index (χ1v) is 7.79. The van der Waals surface area contributed by atoms with Crippen LogP contribution in [0.1, 0.15) is 37.4 Å². The molecule has 1 aromatic carbocycles. The molecule has 1 N–H and O–H groups in total. The van der Waals surface area contributed by atoms with Crippen molar-refractivity contribution in [2.75, 3.05) is 0 Å². The van der Waals surface area contributed by atoms with Crippen LogP contribution < -0.4 is 10.1 Å². The number of ether oxygens (including phenoxy) is 1. The highest BCUT2D eigenvalue weighted by atomic mass is 16.5. The molecular weight excluding hydrogens is 262 g/mol. The van der Waals surface area contributed by atoms with Crippen molar-refractivity contribution in [3.05, 3.63) is 48.0 Å². The second-order valence-corrected chi connectivity index (χ2v) is 5.67. The maximum Gasteiger partial charge on any atom is 0.130 e. The van der Waals surface area contributed by atoms with Crippen molar-refractivity contribution in [3.8, 4) is 5.75 Å². The van der Waals surface area contributed by atoms with Crippen LogP contribution in [0.4, 0.5) is 0 Å². The average Bonchev–Trinajstić information content (AvgIpc) is 3.24. The van der Waals surface area contributed by atoms with E-state index in [9.17, 15) is 0 Å². The Hall–Kier alpha value is -1.81. The fraction of sp³-hybridized carbons (Fsp3) is 0.471. The van der Waals surface area contributed by atoms with Crippen LogP contribution >= 0.6 is 0 Å². The molecule has 4 nitrogen and oxygen atoms in total. The summed E-state index contributed by atoms with van der Waals surface area (Å²) >= 11 is 0. The zero-order valence-corrected chi connectivity index (χ0v) is 12.6. The maximum atomic E-state index is 5.85. The number of aryl methyl sites for hydroxylation is 1. The Bertz CT molecular complexity index is 558. The van der Waals surface area contributed by atoms with Crippen molar-refractivity contribution in [2.45, 2.75) is 51.9 Å². The van der Waals surface area contributed by atoms with Gasteiger partial charge < -0.3 is 14.6 Å². The van der Waals surface area contributed by atoms with Gasteiger partial charge in [0.2, 0.25) is 0 Å². The zero-order valence-electron chi connectivity index (χ0n) is 12.6. The molecule has 1 heterocycles. The van der Waals surface area contributed by atoms with Gasteiger partial charge >= 0.3 is 0 Å². The number of hydrogen-bond acceptors (Lipinski definition) is 3. The molecule has 1 aliphatic carbocycles. The van der Waals surface area contributed by atoms with Gasteiger partial charge in [-0.15, -0.1) is 0 Å². The Morgan fingerprint density at radius 2 is 2.10 bits per heavy atom. The molecule has 2 aromatic rings. The third kappa shape index (κ3) is 4.08. The Morgan fingerprint density at radius 3 is 2.81 bits per heavy atom. The molecule has 0 bridgehead atoms. The second-order valence-electron chi connectivity index (χ2n) is 5.67. The van der Waals surface area contributed by atoms with Crippen molar-refractivity contribution in [3.63, 3.8) is 0 Å². The van der Waals surface area contributed by atoms with Crippen LogP contribution in [0.5, 0.6) is 5.75 Å². The Morgan fingerprint density at radius 1 is 1.29 bits per heavy atom. The van der Waals surface area contributed by atoms with Crippen molar-refractivity contribution < 1.29 is 4.74 Å². The van der Waals surface area contributed by atoms with E-state index in [0.717, 1.165) is 37.0 Å². The molecule has 0 radical (unpaired) electrons. The lowest BCUT2D eigenvalue weighted by Gasteiger charge is -2.09. The maximum absolute atomic E-state index is 5.85. The second kappa shape index (κ2) is 6.76. The fourth-order valence-electron chi connectivity index (χ4n) is 2.32.